The van der Waals surface area contributed by atoms with Crippen molar-refractivity contribution in [1.29, 1.82) is 0 Å². The molecule has 240 valence electrons. The second-order valence-electron chi connectivity index (χ2n) is 12.2. The van der Waals surface area contributed by atoms with Gasteiger partial charge < -0.3 is 30.3 Å². The van der Waals surface area contributed by atoms with E-state index in [4.69, 9.17) is 9.84 Å². The number of benzene rings is 2. The van der Waals surface area contributed by atoms with Gasteiger partial charge in [-0.25, -0.2) is 4.79 Å². The van der Waals surface area contributed by atoms with Gasteiger partial charge in [-0.15, -0.1) is 12.4 Å². The van der Waals surface area contributed by atoms with Crippen LogP contribution in [0.2, 0.25) is 0 Å². The van der Waals surface area contributed by atoms with Gasteiger partial charge in [-0.05, 0) is 92.8 Å². The van der Waals surface area contributed by atoms with Gasteiger partial charge in [0.25, 0.3) is 0 Å². The number of nitrogens with zero attached hydrogens (tertiary/aromatic N) is 2. The quantitative estimate of drug-likeness (QED) is 0.310. The zero-order chi connectivity index (χ0) is 30.6. The molecule has 1 aliphatic carbocycles. The number of aromatic carboxylic acids is 1. The van der Waals surface area contributed by atoms with Crippen LogP contribution in [-0.2, 0) is 16.1 Å². The fourth-order valence-corrected chi connectivity index (χ4v) is 6.73. The van der Waals surface area contributed by atoms with Crippen molar-refractivity contribution in [3.63, 3.8) is 0 Å². The first-order chi connectivity index (χ1) is 20.7. The molecule has 2 aromatic rings. The number of aliphatic hydroxyl groups is 2. The number of carbonyl (C=O) groups is 3. The number of carboxylic acids is 1. The topological polar surface area (TPSA) is 140 Å². The molecule has 2 heterocycles. The molecule has 2 atom stereocenters. The average molecular weight is 630 g/mol. The van der Waals surface area contributed by atoms with Crippen molar-refractivity contribution in [2.24, 2.45) is 5.92 Å². The van der Waals surface area contributed by atoms with Crippen molar-refractivity contribution in [3.8, 4) is 11.5 Å². The summed E-state index contributed by atoms with van der Waals surface area (Å²) in [6.07, 6.45) is 3.93. The van der Waals surface area contributed by atoms with E-state index < -0.39 is 23.7 Å². The van der Waals surface area contributed by atoms with Crippen molar-refractivity contribution >= 4 is 30.2 Å². The largest absolute Gasteiger partial charge is 0.478 e. The van der Waals surface area contributed by atoms with Gasteiger partial charge in [0.15, 0.2) is 0 Å². The van der Waals surface area contributed by atoms with Gasteiger partial charge in [0, 0.05) is 26.2 Å². The summed E-state index contributed by atoms with van der Waals surface area (Å²) in [5.74, 6) is -0.248. The van der Waals surface area contributed by atoms with Crippen LogP contribution < -0.4 is 10.1 Å². The first-order valence-electron chi connectivity index (χ1n) is 15.5. The fraction of sp³-hybridized carbons (Fsp3) is 0.545. The van der Waals surface area contributed by atoms with E-state index in [1.807, 2.05) is 24.3 Å². The van der Waals surface area contributed by atoms with Crippen molar-refractivity contribution in [2.75, 3.05) is 19.6 Å². The van der Waals surface area contributed by atoms with E-state index in [9.17, 15) is 24.6 Å². The molecule has 2 aromatic carbocycles. The molecule has 0 bridgehead atoms. The lowest BCUT2D eigenvalue weighted by atomic mass is 9.77. The lowest BCUT2D eigenvalue weighted by molar-refractivity contribution is -0.166. The van der Waals surface area contributed by atoms with Crippen LogP contribution in [0.25, 0.3) is 0 Å². The molecule has 5 rings (SSSR count). The Bertz CT molecular complexity index is 1270. The smallest absolute Gasteiger partial charge is 0.335 e. The van der Waals surface area contributed by atoms with E-state index >= 15 is 0 Å². The first-order valence-corrected chi connectivity index (χ1v) is 15.5. The molecule has 44 heavy (non-hydrogen) atoms. The van der Waals surface area contributed by atoms with Crippen LogP contribution in [0.3, 0.4) is 0 Å². The standard InChI is InChI=1S/C33H43N3O7.ClH/c1-2-3-18-36-30(39)28(29(38)23-6-10-25(37)11-7-23)34-32(42)33(36)16-19-35(20-17-33)21-22-4-12-26(13-5-22)43-27-14-8-24(9-15-27)31(40)41;/h4-5,8-9,12-15,23,25,28-29,37-38H,2-3,6-7,10-11,16-21H2,1H3,(H,34,42)(H,40,41);1H/t23-,25+,28-,29-;/m1./s1. The average Bonchev–Trinajstić information content (AvgIpc) is 3.01. The Morgan fingerprint density at radius 1 is 1.00 bits per heavy atom. The molecule has 0 aromatic heterocycles. The van der Waals surface area contributed by atoms with Crippen LogP contribution in [0, 0.1) is 5.92 Å². The molecular formula is C33H44ClN3O7. The fourth-order valence-electron chi connectivity index (χ4n) is 6.73. The Balaban J connectivity index is 0.00000442. The molecule has 2 amide bonds. The number of carboxylic acid groups (broad SMARTS) is 1. The third kappa shape index (κ3) is 7.37. The molecule has 2 saturated heterocycles. The Labute approximate surface area is 264 Å². The zero-order valence-electron chi connectivity index (χ0n) is 25.2. The van der Waals surface area contributed by atoms with Gasteiger partial charge in [-0.3, -0.25) is 14.5 Å². The summed E-state index contributed by atoms with van der Waals surface area (Å²) in [6.45, 7) is 4.57. The minimum Gasteiger partial charge on any atom is -0.478 e. The number of likely N-dealkylation sites (tertiary alicyclic amines) is 1. The third-order valence-electron chi connectivity index (χ3n) is 9.41. The molecule has 1 spiro atoms. The van der Waals surface area contributed by atoms with Crippen molar-refractivity contribution in [3.05, 3.63) is 59.7 Å². The van der Waals surface area contributed by atoms with E-state index in [1.165, 1.54) is 12.1 Å². The number of amides is 2. The van der Waals surface area contributed by atoms with E-state index in [0.717, 1.165) is 18.4 Å². The van der Waals surface area contributed by atoms with E-state index in [2.05, 4.69) is 17.1 Å². The van der Waals surface area contributed by atoms with Crippen molar-refractivity contribution in [2.45, 2.75) is 88.6 Å². The van der Waals surface area contributed by atoms with Gasteiger partial charge in [-0.2, -0.15) is 0 Å². The first kappa shape index (κ1) is 33.7. The Morgan fingerprint density at radius 3 is 2.16 bits per heavy atom. The van der Waals surface area contributed by atoms with Crippen LogP contribution in [0.15, 0.2) is 48.5 Å². The third-order valence-corrected chi connectivity index (χ3v) is 9.41. The predicted octanol–water partition coefficient (Wildman–Crippen LogP) is 3.97. The number of hydrogen-bond donors (Lipinski definition) is 4. The highest BCUT2D eigenvalue weighted by Crippen LogP contribution is 2.36. The number of piperazine rings is 1. The number of piperidine rings is 1. The summed E-state index contributed by atoms with van der Waals surface area (Å²) in [4.78, 5) is 42.7. The SMILES string of the molecule is CCCCN1C(=O)[C@@H]([C@H](O)[C@H]2CC[C@@H](O)CC2)NC(=O)C12CCN(Cc1ccc(Oc3ccc(C(=O)O)cc3)cc1)CC2.Cl. The molecule has 11 heteroatoms. The predicted molar refractivity (Wildman–Crippen MR) is 167 cm³/mol. The maximum atomic E-state index is 13.8. The van der Waals surface area contributed by atoms with Gasteiger partial charge >= 0.3 is 5.97 Å². The van der Waals surface area contributed by atoms with Gasteiger partial charge in [0.05, 0.1) is 17.8 Å². The summed E-state index contributed by atoms with van der Waals surface area (Å²) in [5.41, 5.74) is 0.389. The number of unbranched alkanes of at least 4 members (excludes halogenated alkanes) is 1. The Hall–Kier alpha value is -3.18. The highest BCUT2D eigenvalue weighted by molar-refractivity contribution is 6.00. The minimum atomic E-state index is -0.983. The van der Waals surface area contributed by atoms with Crippen LogP contribution in [0.1, 0.15) is 74.2 Å². The summed E-state index contributed by atoms with van der Waals surface area (Å²) in [5, 5.41) is 33.0. The zero-order valence-corrected chi connectivity index (χ0v) is 26.0. The van der Waals surface area contributed by atoms with Crippen LogP contribution in [0.5, 0.6) is 11.5 Å². The number of rotatable bonds is 10. The summed E-state index contributed by atoms with van der Waals surface area (Å²) in [7, 11) is 0. The monoisotopic (exact) mass is 629 g/mol. The van der Waals surface area contributed by atoms with Crippen LogP contribution in [0.4, 0.5) is 0 Å². The Morgan fingerprint density at radius 2 is 1.59 bits per heavy atom. The van der Waals surface area contributed by atoms with Gasteiger partial charge in [0.1, 0.15) is 23.1 Å². The second kappa shape index (κ2) is 14.7. The number of hydrogen-bond acceptors (Lipinski definition) is 7. The number of carbonyl (C=O) groups excluding carboxylic acids is 2. The Kier molecular flexibility index (Phi) is 11.3. The van der Waals surface area contributed by atoms with E-state index in [0.29, 0.717) is 76.2 Å². The van der Waals surface area contributed by atoms with Crippen LogP contribution >= 0.6 is 12.4 Å². The maximum absolute atomic E-state index is 13.8. The molecule has 1 saturated carbocycles. The number of aliphatic hydroxyl groups excluding tert-OH is 2. The molecular weight excluding hydrogens is 586 g/mol. The van der Waals surface area contributed by atoms with Gasteiger partial charge in [-0.1, -0.05) is 25.5 Å². The summed E-state index contributed by atoms with van der Waals surface area (Å²) >= 11 is 0. The highest BCUT2D eigenvalue weighted by atomic mass is 35.5. The molecule has 0 unspecified atom stereocenters. The molecule has 0 radical (unpaired) electrons. The maximum Gasteiger partial charge on any atom is 0.335 e. The molecule has 2 aliphatic heterocycles. The lowest BCUT2D eigenvalue weighted by Crippen LogP contribution is -2.75. The summed E-state index contributed by atoms with van der Waals surface area (Å²) < 4.78 is 5.85. The highest BCUT2D eigenvalue weighted by Gasteiger charge is 2.55. The molecule has 3 aliphatic rings. The number of ether oxygens (including phenoxy) is 1. The van der Waals surface area contributed by atoms with Crippen molar-refractivity contribution in [1.82, 2.24) is 15.1 Å². The molecule has 3 fully saturated rings. The molecule has 10 nitrogen and oxygen atoms in total. The molecule has 4 N–H and O–H groups in total. The second-order valence-corrected chi connectivity index (χ2v) is 12.2. The minimum absolute atomic E-state index is 0. The lowest BCUT2D eigenvalue weighted by Gasteiger charge is -2.52. The van der Waals surface area contributed by atoms with Crippen LogP contribution in [-0.4, -0.2) is 86.3 Å². The van der Waals surface area contributed by atoms with Gasteiger partial charge in [0.2, 0.25) is 11.8 Å². The normalized spacial score (nSPS) is 24.3. The van der Waals surface area contributed by atoms with E-state index in [-0.39, 0.29) is 41.8 Å². The number of halogens is 1. The summed E-state index contributed by atoms with van der Waals surface area (Å²) in [6, 6.07) is 13.1. The number of nitrogens with one attached hydrogen (secondary N) is 1. The van der Waals surface area contributed by atoms with E-state index in [1.54, 1.807) is 17.0 Å². The van der Waals surface area contributed by atoms with Crippen molar-refractivity contribution < 1.29 is 34.4 Å².